The van der Waals surface area contributed by atoms with Gasteiger partial charge in [-0.3, -0.25) is 19.7 Å². The number of aryl methyl sites for hydroxylation is 1. The Balaban J connectivity index is 1.92. The van der Waals surface area contributed by atoms with Crippen molar-refractivity contribution in [3.8, 4) is 5.69 Å². The molecule has 2 aromatic rings. The van der Waals surface area contributed by atoms with Crippen LogP contribution in [0.1, 0.15) is 23.9 Å². The van der Waals surface area contributed by atoms with E-state index in [-0.39, 0.29) is 16.8 Å². The summed E-state index contributed by atoms with van der Waals surface area (Å²) in [6, 6.07) is 8.20. The normalized spacial score (nSPS) is 15.1. The van der Waals surface area contributed by atoms with Crippen molar-refractivity contribution in [1.29, 1.82) is 0 Å². The van der Waals surface area contributed by atoms with E-state index in [9.17, 15) is 19.7 Å². The molecule has 2 heterocycles. The largest absolute Gasteiger partial charge is 0.318 e. The fourth-order valence-electron chi connectivity index (χ4n) is 2.81. The maximum atomic E-state index is 12.0. The first-order valence-corrected chi connectivity index (χ1v) is 8.82. The Morgan fingerprint density at radius 3 is 2.56 bits per heavy atom. The Kier molecular flexibility index (Phi) is 4.95. The Bertz CT molecular complexity index is 1020. The maximum Gasteiger partial charge on any atom is 0.286 e. The van der Waals surface area contributed by atoms with Crippen LogP contribution in [0.5, 0.6) is 0 Å². The lowest BCUT2D eigenvalue weighted by Gasteiger charge is -2.09. The Hall–Kier alpha value is -3.20. The van der Waals surface area contributed by atoms with Crippen LogP contribution in [0.4, 0.5) is 5.69 Å². The van der Waals surface area contributed by atoms with E-state index in [4.69, 9.17) is 0 Å². The van der Waals surface area contributed by atoms with Gasteiger partial charge in [0.2, 0.25) is 5.91 Å². The van der Waals surface area contributed by atoms with E-state index in [0.29, 0.717) is 4.91 Å². The first-order chi connectivity index (χ1) is 12.8. The number of rotatable bonds is 3. The summed E-state index contributed by atoms with van der Waals surface area (Å²) in [5.41, 5.74) is 3.46. The molecule has 9 heteroatoms. The van der Waals surface area contributed by atoms with E-state index >= 15 is 0 Å². The third-order valence-corrected chi connectivity index (χ3v) is 4.88. The number of hydrogen-bond acceptors (Lipinski definition) is 5. The number of aliphatic imine (C=N–C) groups is 1. The minimum atomic E-state index is -0.440. The Morgan fingerprint density at radius 1 is 1.30 bits per heavy atom. The second-order valence-electron chi connectivity index (χ2n) is 5.95. The topological polar surface area (TPSA) is 107 Å². The highest BCUT2D eigenvalue weighted by Crippen LogP contribution is 2.30. The molecule has 0 saturated carbocycles. The molecule has 0 spiro atoms. The number of aromatic nitrogens is 1. The zero-order valence-electron chi connectivity index (χ0n) is 14.8. The van der Waals surface area contributed by atoms with Crippen LogP contribution < -0.4 is 5.32 Å². The number of nitro groups is 1. The third-order valence-electron chi connectivity index (χ3n) is 3.98. The number of nitrogens with zero attached hydrogens (tertiary/aromatic N) is 3. The van der Waals surface area contributed by atoms with Gasteiger partial charge in [0, 0.05) is 36.1 Å². The molecule has 1 aromatic heterocycles. The van der Waals surface area contributed by atoms with E-state index < -0.39 is 10.8 Å². The number of non-ortho nitro benzene ring substituents is 1. The second kappa shape index (κ2) is 7.20. The number of benzene rings is 1. The first-order valence-electron chi connectivity index (χ1n) is 8.00. The lowest BCUT2D eigenvalue weighted by molar-refractivity contribution is -0.384. The van der Waals surface area contributed by atoms with Gasteiger partial charge < -0.3 is 9.88 Å². The van der Waals surface area contributed by atoms with Crippen LogP contribution in [0.25, 0.3) is 11.8 Å². The molecule has 0 radical (unpaired) electrons. The van der Waals surface area contributed by atoms with Gasteiger partial charge in [-0.05, 0) is 55.4 Å². The van der Waals surface area contributed by atoms with Crippen molar-refractivity contribution in [2.45, 2.75) is 20.8 Å². The summed E-state index contributed by atoms with van der Waals surface area (Å²) in [6.07, 6.45) is 1.73. The van der Waals surface area contributed by atoms with E-state index in [0.717, 1.165) is 34.4 Å². The highest BCUT2D eigenvalue weighted by atomic mass is 32.2. The molecule has 0 atom stereocenters. The van der Waals surface area contributed by atoms with Crippen LogP contribution in [0.2, 0.25) is 0 Å². The molecule has 8 nitrogen and oxygen atoms in total. The number of hydrogen-bond donors (Lipinski definition) is 1. The molecule has 0 fully saturated rings. The molecule has 1 aliphatic heterocycles. The summed E-state index contributed by atoms with van der Waals surface area (Å²) < 4.78 is 1.95. The summed E-state index contributed by atoms with van der Waals surface area (Å²) >= 11 is 1.11. The molecule has 3 rings (SSSR count). The van der Waals surface area contributed by atoms with Crippen LogP contribution in [0, 0.1) is 24.0 Å². The predicted molar refractivity (Wildman–Crippen MR) is 104 cm³/mol. The highest BCUT2D eigenvalue weighted by Gasteiger charge is 2.23. The van der Waals surface area contributed by atoms with E-state index in [2.05, 4.69) is 10.3 Å². The minimum Gasteiger partial charge on any atom is -0.318 e. The van der Waals surface area contributed by atoms with Gasteiger partial charge in [-0.2, -0.15) is 4.99 Å². The molecule has 0 bridgehead atoms. The zero-order chi connectivity index (χ0) is 19.7. The number of nitro benzene ring substituents is 1. The minimum absolute atomic E-state index is 0.0270. The monoisotopic (exact) mass is 384 g/mol. The molecule has 2 amide bonds. The van der Waals surface area contributed by atoms with Crippen LogP contribution in [0.3, 0.4) is 0 Å². The summed E-state index contributed by atoms with van der Waals surface area (Å²) in [5, 5.41) is 13.6. The number of amidine groups is 1. The van der Waals surface area contributed by atoms with Gasteiger partial charge in [0.1, 0.15) is 0 Å². The molecule has 27 heavy (non-hydrogen) atoms. The molecule has 1 aromatic carbocycles. The van der Waals surface area contributed by atoms with Gasteiger partial charge in [0.05, 0.1) is 9.83 Å². The molecule has 0 aliphatic carbocycles. The molecule has 138 valence electrons. The first kappa shape index (κ1) is 18.6. The standard InChI is InChI=1S/C18H16N4O4S/c1-10-8-13(9-16-17(24)20-18(27-16)19-12(3)23)11(2)21(10)14-4-6-15(7-5-14)22(25)26/h4-9H,1-3H3,(H,19,20,23,24)/b16-9+. The van der Waals surface area contributed by atoms with Gasteiger partial charge in [0.25, 0.3) is 11.6 Å². The molecule has 1 N–H and O–H groups in total. The number of amides is 2. The smallest absolute Gasteiger partial charge is 0.286 e. The van der Waals surface area contributed by atoms with Crippen LogP contribution in [-0.4, -0.2) is 26.5 Å². The van der Waals surface area contributed by atoms with Crippen LogP contribution >= 0.6 is 11.8 Å². The average molecular weight is 384 g/mol. The van der Waals surface area contributed by atoms with Crippen molar-refractivity contribution >= 4 is 40.5 Å². The van der Waals surface area contributed by atoms with Crippen molar-refractivity contribution in [2.75, 3.05) is 0 Å². The molecular weight excluding hydrogens is 368 g/mol. The number of thioether (sulfide) groups is 1. The van der Waals surface area contributed by atoms with Crippen molar-refractivity contribution in [3.63, 3.8) is 0 Å². The third kappa shape index (κ3) is 3.82. The van der Waals surface area contributed by atoms with Gasteiger partial charge in [0.15, 0.2) is 5.17 Å². The summed E-state index contributed by atoms with van der Waals surface area (Å²) in [4.78, 5) is 37.8. The van der Waals surface area contributed by atoms with Crippen molar-refractivity contribution < 1.29 is 14.5 Å². The van der Waals surface area contributed by atoms with E-state index in [1.807, 2.05) is 24.5 Å². The lowest BCUT2D eigenvalue weighted by Crippen LogP contribution is -2.23. The van der Waals surface area contributed by atoms with Crippen LogP contribution in [0.15, 0.2) is 40.2 Å². The van der Waals surface area contributed by atoms with E-state index in [1.54, 1.807) is 18.2 Å². The molecule has 0 saturated heterocycles. The molecule has 1 aliphatic rings. The maximum absolute atomic E-state index is 12.0. The fraction of sp³-hybridized carbons (Fsp3) is 0.167. The summed E-state index contributed by atoms with van der Waals surface area (Å²) in [7, 11) is 0. The van der Waals surface area contributed by atoms with Crippen molar-refractivity contribution in [2.24, 2.45) is 4.99 Å². The SMILES string of the molecule is CC(=O)NC1=NC(=O)/C(=C\c2cc(C)n(-c3ccc([N+](=O)[O-])cc3)c2C)S1. The molecule has 0 unspecified atom stereocenters. The van der Waals surface area contributed by atoms with E-state index in [1.165, 1.54) is 19.1 Å². The fourth-order valence-corrected chi connectivity index (χ4v) is 3.66. The van der Waals surface area contributed by atoms with Gasteiger partial charge in [-0.15, -0.1) is 0 Å². The summed E-state index contributed by atoms with van der Waals surface area (Å²) in [6.45, 7) is 5.17. The second-order valence-corrected chi connectivity index (χ2v) is 6.98. The predicted octanol–water partition coefficient (Wildman–Crippen LogP) is 3.11. The van der Waals surface area contributed by atoms with Crippen molar-refractivity contribution in [3.05, 3.63) is 62.3 Å². The van der Waals surface area contributed by atoms with Gasteiger partial charge >= 0.3 is 0 Å². The Labute approximate surface area is 159 Å². The average Bonchev–Trinajstić information content (AvgIpc) is 3.06. The van der Waals surface area contributed by atoms with Gasteiger partial charge in [-0.25, -0.2) is 0 Å². The quantitative estimate of drug-likeness (QED) is 0.497. The number of carbonyl (C=O) groups is 2. The van der Waals surface area contributed by atoms with Crippen LogP contribution in [-0.2, 0) is 9.59 Å². The number of nitrogens with one attached hydrogen (secondary N) is 1. The summed E-state index contributed by atoms with van der Waals surface area (Å²) in [5.74, 6) is -0.685. The highest BCUT2D eigenvalue weighted by molar-refractivity contribution is 8.18. The lowest BCUT2D eigenvalue weighted by atomic mass is 10.2. The number of carbonyl (C=O) groups excluding carboxylic acids is 2. The van der Waals surface area contributed by atoms with Crippen molar-refractivity contribution in [1.82, 2.24) is 9.88 Å². The molecular formula is C18H16N4O4S. The zero-order valence-corrected chi connectivity index (χ0v) is 15.7. The van der Waals surface area contributed by atoms with Gasteiger partial charge in [-0.1, -0.05) is 0 Å². The Morgan fingerprint density at radius 2 is 1.96 bits per heavy atom.